The number of alkyl halides is 3. The maximum absolute atomic E-state index is 12.9. The Kier molecular flexibility index (Phi) is 5.82. The molecule has 0 saturated carbocycles. The van der Waals surface area contributed by atoms with Crippen LogP contribution in [0.5, 0.6) is 5.75 Å². The highest BCUT2D eigenvalue weighted by Gasteiger charge is 2.31. The van der Waals surface area contributed by atoms with Crippen LogP contribution in [0.25, 0.3) is 0 Å². The van der Waals surface area contributed by atoms with Gasteiger partial charge in [-0.2, -0.15) is 13.2 Å². The van der Waals surface area contributed by atoms with Crippen LogP contribution >= 0.6 is 11.3 Å². The van der Waals surface area contributed by atoms with Gasteiger partial charge in [-0.25, -0.2) is 4.98 Å². The first-order chi connectivity index (χ1) is 11.3. The van der Waals surface area contributed by atoms with Gasteiger partial charge in [-0.3, -0.25) is 4.79 Å². The lowest BCUT2D eigenvalue weighted by atomic mass is 10.1. The molecule has 0 aliphatic rings. The SMILES string of the molecule is CCCOc1ccc(C(F)(F)F)cc1NC(=O)Cc1csc(C)n1. The fourth-order valence-corrected chi connectivity index (χ4v) is 2.60. The first-order valence-electron chi connectivity index (χ1n) is 7.34. The van der Waals surface area contributed by atoms with Gasteiger partial charge in [0.2, 0.25) is 5.91 Å². The molecule has 0 spiro atoms. The van der Waals surface area contributed by atoms with E-state index in [1.807, 2.05) is 13.8 Å². The van der Waals surface area contributed by atoms with Crippen LogP contribution in [0, 0.1) is 6.92 Å². The molecule has 0 atom stereocenters. The molecule has 0 saturated heterocycles. The number of rotatable bonds is 6. The minimum atomic E-state index is -4.49. The molecule has 24 heavy (non-hydrogen) atoms. The van der Waals surface area contributed by atoms with Gasteiger partial charge in [-0.15, -0.1) is 11.3 Å². The van der Waals surface area contributed by atoms with Crippen molar-refractivity contribution >= 4 is 22.9 Å². The van der Waals surface area contributed by atoms with Crippen LogP contribution in [0.15, 0.2) is 23.6 Å². The maximum atomic E-state index is 12.9. The summed E-state index contributed by atoms with van der Waals surface area (Å²) in [6, 6.07) is 3.04. The molecule has 1 aromatic carbocycles. The van der Waals surface area contributed by atoms with Crippen LogP contribution in [-0.4, -0.2) is 17.5 Å². The number of benzene rings is 1. The number of carbonyl (C=O) groups excluding carboxylic acids is 1. The maximum Gasteiger partial charge on any atom is 0.416 e. The Labute approximate surface area is 141 Å². The Morgan fingerprint density at radius 2 is 2.12 bits per heavy atom. The minimum Gasteiger partial charge on any atom is -0.491 e. The highest BCUT2D eigenvalue weighted by Crippen LogP contribution is 2.35. The van der Waals surface area contributed by atoms with Crippen molar-refractivity contribution in [2.45, 2.75) is 32.9 Å². The molecule has 0 bridgehead atoms. The monoisotopic (exact) mass is 358 g/mol. The number of hydrogen-bond donors (Lipinski definition) is 1. The highest BCUT2D eigenvalue weighted by atomic mass is 32.1. The average Bonchev–Trinajstić information content (AvgIpc) is 2.89. The summed E-state index contributed by atoms with van der Waals surface area (Å²) < 4.78 is 44.0. The topological polar surface area (TPSA) is 51.2 Å². The van der Waals surface area contributed by atoms with Gasteiger partial charge in [0.05, 0.1) is 35.0 Å². The van der Waals surface area contributed by atoms with Crippen LogP contribution in [0.4, 0.5) is 18.9 Å². The number of ether oxygens (including phenoxy) is 1. The molecule has 1 heterocycles. The Balaban J connectivity index is 2.19. The molecule has 1 N–H and O–H groups in total. The van der Waals surface area contributed by atoms with Gasteiger partial charge in [0, 0.05) is 5.38 Å². The molecule has 130 valence electrons. The van der Waals surface area contributed by atoms with Gasteiger partial charge in [0.25, 0.3) is 0 Å². The van der Waals surface area contributed by atoms with E-state index in [4.69, 9.17) is 4.74 Å². The Morgan fingerprint density at radius 1 is 1.38 bits per heavy atom. The van der Waals surface area contributed by atoms with Crippen molar-refractivity contribution in [3.63, 3.8) is 0 Å². The number of anilines is 1. The van der Waals surface area contributed by atoms with E-state index in [0.29, 0.717) is 18.7 Å². The number of aryl methyl sites for hydroxylation is 1. The molecule has 8 heteroatoms. The summed E-state index contributed by atoms with van der Waals surface area (Å²) in [5.74, 6) is -0.228. The lowest BCUT2D eigenvalue weighted by Gasteiger charge is -2.15. The minimum absolute atomic E-state index is 0.00615. The van der Waals surface area contributed by atoms with E-state index in [2.05, 4.69) is 10.3 Å². The van der Waals surface area contributed by atoms with Crippen molar-refractivity contribution in [2.75, 3.05) is 11.9 Å². The molecule has 2 rings (SSSR count). The number of halogens is 3. The molecule has 0 aliphatic heterocycles. The number of nitrogens with one attached hydrogen (secondary N) is 1. The molecule has 2 aromatic rings. The van der Waals surface area contributed by atoms with Crippen LogP contribution < -0.4 is 10.1 Å². The summed E-state index contributed by atoms with van der Waals surface area (Å²) in [6.07, 6.45) is -3.80. The largest absolute Gasteiger partial charge is 0.491 e. The van der Waals surface area contributed by atoms with E-state index in [9.17, 15) is 18.0 Å². The normalized spacial score (nSPS) is 11.4. The molecular formula is C16H17F3N2O2S. The van der Waals surface area contributed by atoms with Crippen LogP contribution in [0.1, 0.15) is 29.6 Å². The zero-order valence-electron chi connectivity index (χ0n) is 13.2. The fraction of sp³-hybridized carbons (Fsp3) is 0.375. The van der Waals surface area contributed by atoms with E-state index in [1.54, 1.807) is 5.38 Å². The third-order valence-electron chi connectivity index (χ3n) is 3.05. The van der Waals surface area contributed by atoms with Crippen LogP contribution in [0.2, 0.25) is 0 Å². The summed E-state index contributed by atoms with van der Waals surface area (Å²) in [7, 11) is 0. The van der Waals surface area contributed by atoms with E-state index >= 15 is 0 Å². The second-order valence-corrected chi connectivity index (χ2v) is 6.20. The van der Waals surface area contributed by atoms with Crippen molar-refractivity contribution in [3.05, 3.63) is 39.8 Å². The van der Waals surface area contributed by atoms with Crippen LogP contribution in [-0.2, 0) is 17.4 Å². The molecule has 0 fully saturated rings. The van der Waals surface area contributed by atoms with Gasteiger partial charge >= 0.3 is 6.18 Å². The summed E-state index contributed by atoms with van der Waals surface area (Å²) in [6.45, 7) is 4.04. The third-order valence-corrected chi connectivity index (χ3v) is 3.87. The smallest absolute Gasteiger partial charge is 0.416 e. The zero-order valence-corrected chi connectivity index (χ0v) is 14.1. The predicted molar refractivity (Wildman–Crippen MR) is 86.4 cm³/mol. The number of hydrogen-bond acceptors (Lipinski definition) is 4. The Hall–Kier alpha value is -2.09. The highest BCUT2D eigenvalue weighted by molar-refractivity contribution is 7.09. The first kappa shape index (κ1) is 18.3. The summed E-state index contributed by atoms with van der Waals surface area (Å²) in [4.78, 5) is 16.3. The number of aromatic nitrogens is 1. The predicted octanol–water partition coefficient (Wildman–Crippen LogP) is 4.44. The summed E-state index contributed by atoms with van der Waals surface area (Å²) in [5, 5.41) is 5.06. The Bertz CT molecular complexity index is 714. The van der Waals surface area contributed by atoms with E-state index in [-0.39, 0.29) is 17.9 Å². The lowest BCUT2D eigenvalue weighted by molar-refractivity contribution is -0.137. The van der Waals surface area contributed by atoms with Gasteiger partial charge < -0.3 is 10.1 Å². The van der Waals surface area contributed by atoms with Crippen molar-refractivity contribution in [3.8, 4) is 5.75 Å². The number of amides is 1. The van der Waals surface area contributed by atoms with Gasteiger partial charge in [-0.05, 0) is 31.5 Å². The van der Waals surface area contributed by atoms with Crippen molar-refractivity contribution < 1.29 is 22.7 Å². The second-order valence-electron chi connectivity index (χ2n) is 5.14. The average molecular weight is 358 g/mol. The molecule has 0 radical (unpaired) electrons. The molecule has 4 nitrogen and oxygen atoms in total. The standard InChI is InChI=1S/C16H17F3N2O2S/c1-3-6-23-14-5-4-11(16(17,18)19)7-13(14)21-15(22)8-12-9-24-10(2)20-12/h4-5,7,9H,3,6,8H2,1-2H3,(H,21,22). The molecule has 0 unspecified atom stereocenters. The number of thiazole rings is 1. The Morgan fingerprint density at radius 3 is 2.71 bits per heavy atom. The van der Waals surface area contributed by atoms with Crippen molar-refractivity contribution in [1.29, 1.82) is 0 Å². The van der Waals surface area contributed by atoms with Gasteiger partial charge in [0.15, 0.2) is 0 Å². The van der Waals surface area contributed by atoms with E-state index < -0.39 is 17.6 Å². The van der Waals surface area contributed by atoms with E-state index in [0.717, 1.165) is 17.1 Å². The van der Waals surface area contributed by atoms with Gasteiger partial charge in [-0.1, -0.05) is 6.92 Å². The summed E-state index contributed by atoms with van der Waals surface area (Å²) in [5.41, 5.74) is -0.251. The first-order valence-corrected chi connectivity index (χ1v) is 8.22. The number of nitrogens with zero attached hydrogens (tertiary/aromatic N) is 1. The molecular weight excluding hydrogens is 341 g/mol. The second kappa shape index (κ2) is 7.65. The zero-order chi connectivity index (χ0) is 17.7. The third kappa shape index (κ3) is 4.95. The lowest BCUT2D eigenvalue weighted by Crippen LogP contribution is -2.16. The molecule has 1 amide bonds. The van der Waals surface area contributed by atoms with Crippen molar-refractivity contribution in [1.82, 2.24) is 4.98 Å². The van der Waals surface area contributed by atoms with E-state index in [1.165, 1.54) is 17.4 Å². The molecule has 1 aromatic heterocycles. The van der Waals surface area contributed by atoms with Gasteiger partial charge in [0.1, 0.15) is 5.75 Å². The quantitative estimate of drug-likeness (QED) is 0.830. The van der Waals surface area contributed by atoms with Crippen molar-refractivity contribution in [2.24, 2.45) is 0 Å². The fourth-order valence-electron chi connectivity index (χ4n) is 1.99. The summed E-state index contributed by atoms with van der Waals surface area (Å²) >= 11 is 1.41. The van der Waals surface area contributed by atoms with Crippen LogP contribution in [0.3, 0.4) is 0 Å². The molecule has 0 aliphatic carbocycles. The number of carbonyl (C=O) groups is 1.